The summed E-state index contributed by atoms with van der Waals surface area (Å²) in [4.78, 5) is 12.4. The zero-order valence-corrected chi connectivity index (χ0v) is 32.1. The smallest absolute Gasteiger partial charge is 0.249 e. The van der Waals surface area contributed by atoms with E-state index in [9.17, 15) is 20.1 Å². The lowest BCUT2D eigenvalue weighted by Gasteiger charge is -2.21. The number of amides is 1. The van der Waals surface area contributed by atoms with Crippen molar-refractivity contribution in [1.29, 1.82) is 0 Å². The molecule has 0 aliphatic heterocycles. The molecule has 3 atom stereocenters. The first-order valence-electron chi connectivity index (χ1n) is 21.2. The van der Waals surface area contributed by atoms with Crippen molar-refractivity contribution in [1.82, 2.24) is 5.32 Å². The summed E-state index contributed by atoms with van der Waals surface area (Å²) in [5, 5.41) is 33.0. The Hall–Kier alpha value is -1.17. The van der Waals surface area contributed by atoms with Gasteiger partial charge in [0.1, 0.15) is 6.10 Å². The Morgan fingerprint density at radius 1 is 0.500 bits per heavy atom. The highest BCUT2D eigenvalue weighted by molar-refractivity contribution is 5.80. The van der Waals surface area contributed by atoms with Crippen LogP contribution in [0.25, 0.3) is 0 Å². The molecule has 0 fully saturated rings. The van der Waals surface area contributed by atoms with E-state index in [0.29, 0.717) is 6.42 Å². The van der Waals surface area contributed by atoms with Crippen LogP contribution in [-0.2, 0) is 4.79 Å². The van der Waals surface area contributed by atoms with Crippen LogP contribution >= 0.6 is 0 Å². The fraction of sp³-hybridized carbons (Fsp3) is 0.884. The molecule has 0 aromatic heterocycles. The Kier molecular flexibility index (Phi) is 37.7. The molecule has 0 bridgehead atoms. The Morgan fingerprint density at radius 3 is 1.27 bits per heavy atom. The van der Waals surface area contributed by atoms with Gasteiger partial charge in [0.05, 0.1) is 18.8 Å². The number of allylic oxidation sites excluding steroid dienone is 3. The molecule has 0 radical (unpaired) electrons. The van der Waals surface area contributed by atoms with Gasteiger partial charge in [0.25, 0.3) is 0 Å². The van der Waals surface area contributed by atoms with Crippen molar-refractivity contribution in [2.24, 2.45) is 0 Å². The summed E-state index contributed by atoms with van der Waals surface area (Å²) in [7, 11) is 0. The van der Waals surface area contributed by atoms with Gasteiger partial charge in [0.2, 0.25) is 5.91 Å². The van der Waals surface area contributed by atoms with Gasteiger partial charge in [-0.3, -0.25) is 4.79 Å². The van der Waals surface area contributed by atoms with E-state index in [2.05, 4.69) is 31.3 Å². The van der Waals surface area contributed by atoms with Gasteiger partial charge in [-0.15, -0.1) is 0 Å². The van der Waals surface area contributed by atoms with E-state index in [4.69, 9.17) is 0 Å². The molecule has 0 heterocycles. The summed E-state index contributed by atoms with van der Waals surface area (Å²) in [6.07, 6.45) is 46.3. The van der Waals surface area contributed by atoms with Gasteiger partial charge in [-0.25, -0.2) is 0 Å². The minimum atomic E-state index is -1.10. The van der Waals surface area contributed by atoms with Crippen LogP contribution in [0.4, 0.5) is 0 Å². The van der Waals surface area contributed by atoms with E-state index in [0.717, 1.165) is 38.5 Å². The molecule has 48 heavy (non-hydrogen) atoms. The summed E-state index contributed by atoms with van der Waals surface area (Å²) in [5.74, 6) is -0.511. The molecule has 0 aliphatic carbocycles. The number of rotatable bonds is 38. The third kappa shape index (κ3) is 33.3. The maximum atomic E-state index is 12.4. The first-order valence-corrected chi connectivity index (χ1v) is 21.2. The highest BCUT2D eigenvalue weighted by Gasteiger charge is 2.22. The van der Waals surface area contributed by atoms with Crippen molar-refractivity contribution in [2.45, 2.75) is 238 Å². The van der Waals surface area contributed by atoms with Crippen molar-refractivity contribution < 1.29 is 20.1 Å². The highest BCUT2D eigenvalue weighted by atomic mass is 16.3. The Bertz CT molecular complexity index is 709. The lowest BCUT2D eigenvalue weighted by Crippen LogP contribution is -2.48. The first kappa shape index (κ1) is 46.8. The predicted octanol–water partition coefficient (Wildman–Crippen LogP) is 11.8. The standard InChI is InChI=1S/C43H83NO4/c1-3-5-7-9-11-13-15-17-19-20-21-22-23-24-26-28-30-32-34-36-38-42(47)43(48)44-40(39-45)41(46)37-35-33-31-29-27-25-18-16-14-12-10-8-6-4-2/h27,29,35,37,40-42,45-47H,3-26,28,30-34,36,38-39H2,1-2H3,(H,44,48)/b29-27+,37-35+. The molecule has 0 spiro atoms. The summed E-state index contributed by atoms with van der Waals surface area (Å²) >= 11 is 0. The summed E-state index contributed by atoms with van der Waals surface area (Å²) in [5.41, 5.74) is 0. The van der Waals surface area contributed by atoms with E-state index < -0.39 is 24.2 Å². The Balaban J connectivity index is 3.68. The molecule has 0 rings (SSSR count). The average Bonchev–Trinajstić information content (AvgIpc) is 3.09. The molecule has 0 saturated carbocycles. The maximum Gasteiger partial charge on any atom is 0.249 e. The minimum absolute atomic E-state index is 0.373. The van der Waals surface area contributed by atoms with Crippen molar-refractivity contribution in [3.63, 3.8) is 0 Å². The van der Waals surface area contributed by atoms with Crippen LogP contribution in [0.2, 0.25) is 0 Å². The first-order chi connectivity index (χ1) is 23.6. The molecular weight excluding hydrogens is 594 g/mol. The highest BCUT2D eigenvalue weighted by Crippen LogP contribution is 2.16. The number of carbonyl (C=O) groups is 1. The number of aliphatic hydroxyl groups is 3. The average molecular weight is 678 g/mol. The minimum Gasteiger partial charge on any atom is -0.394 e. The summed E-state index contributed by atoms with van der Waals surface area (Å²) in [6.45, 7) is 4.17. The summed E-state index contributed by atoms with van der Waals surface area (Å²) in [6, 6.07) is -0.809. The molecule has 5 nitrogen and oxygen atoms in total. The second-order valence-corrected chi connectivity index (χ2v) is 14.6. The Labute approximate surface area is 299 Å². The zero-order chi connectivity index (χ0) is 35.2. The van der Waals surface area contributed by atoms with Crippen molar-refractivity contribution >= 4 is 5.91 Å². The van der Waals surface area contributed by atoms with E-state index in [1.165, 1.54) is 161 Å². The summed E-state index contributed by atoms with van der Waals surface area (Å²) < 4.78 is 0. The second kappa shape index (κ2) is 38.6. The topological polar surface area (TPSA) is 89.8 Å². The van der Waals surface area contributed by atoms with Crippen LogP contribution in [0.1, 0.15) is 219 Å². The molecular formula is C43H83NO4. The predicted molar refractivity (Wildman–Crippen MR) is 208 cm³/mol. The molecule has 5 heteroatoms. The number of hydrogen-bond acceptors (Lipinski definition) is 4. The molecule has 4 N–H and O–H groups in total. The van der Waals surface area contributed by atoms with E-state index >= 15 is 0 Å². The number of nitrogens with one attached hydrogen (secondary N) is 1. The van der Waals surface area contributed by atoms with Crippen LogP contribution in [0, 0.1) is 0 Å². The molecule has 1 amide bonds. The molecule has 0 saturated heterocycles. The maximum absolute atomic E-state index is 12.4. The Morgan fingerprint density at radius 2 is 0.854 bits per heavy atom. The number of aliphatic hydroxyl groups excluding tert-OH is 3. The van der Waals surface area contributed by atoms with Crippen molar-refractivity contribution in [3.8, 4) is 0 Å². The van der Waals surface area contributed by atoms with Gasteiger partial charge in [0, 0.05) is 0 Å². The van der Waals surface area contributed by atoms with Crippen molar-refractivity contribution in [3.05, 3.63) is 24.3 Å². The van der Waals surface area contributed by atoms with E-state index in [1.807, 2.05) is 6.08 Å². The number of unbranched alkanes of at least 4 members (excludes halogenated alkanes) is 28. The van der Waals surface area contributed by atoms with Gasteiger partial charge in [-0.2, -0.15) is 0 Å². The van der Waals surface area contributed by atoms with E-state index in [1.54, 1.807) is 6.08 Å². The molecule has 0 aromatic carbocycles. The van der Waals surface area contributed by atoms with Gasteiger partial charge in [-0.05, 0) is 32.1 Å². The molecule has 3 unspecified atom stereocenters. The lowest BCUT2D eigenvalue weighted by atomic mass is 10.0. The van der Waals surface area contributed by atoms with Gasteiger partial charge >= 0.3 is 0 Å². The third-order valence-electron chi connectivity index (χ3n) is 9.79. The molecule has 0 aromatic rings. The van der Waals surface area contributed by atoms with E-state index in [-0.39, 0.29) is 6.61 Å². The fourth-order valence-electron chi connectivity index (χ4n) is 6.44. The second-order valence-electron chi connectivity index (χ2n) is 14.6. The van der Waals surface area contributed by atoms with Gasteiger partial charge < -0.3 is 20.6 Å². The van der Waals surface area contributed by atoms with Crippen molar-refractivity contribution in [2.75, 3.05) is 6.61 Å². The van der Waals surface area contributed by atoms with Crippen LogP contribution in [-0.4, -0.2) is 46.1 Å². The molecule has 0 aliphatic rings. The number of carbonyl (C=O) groups excluding carboxylic acids is 1. The normalized spacial score (nSPS) is 13.9. The third-order valence-corrected chi connectivity index (χ3v) is 9.79. The quantitative estimate of drug-likeness (QED) is 0.0387. The SMILES string of the molecule is CCCCCCCCCC/C=C/CC/C=C/C(O)C(CO)NC(=O)C(O)CCCCCCCCCCCCCCCCCCCCCC. The van der Waals surface area contributed by atoms with Crippen LogP contribution in [0.5, 0.6) is 0 Å². The van der Waals surface area contributed by atoms with Crippen LogP contribution in [0.15, 0.2) is 24.3 Å². The van der Waals surface area contributed by atoms with Crippen LogP contribution in [0.3, 0.4) is 0 Å². The fourth-order valence-corrected chi connectivity index (χ4v) is 6.44. The van der Waals surface area contributed by atoms with Gasteiger partial charge in [0.15, 0.2) is 0 Å². The number of hydrogen-bond donors (Lipinski definition) is 4. The molecule has 284 valence electrons. The van der Waals surface area contributed by atoms with Gasteiger partial charge in [-0.1, -0.05) is 212 Å². The monoisotopic (exact) mass is 678 g/mol. The zero-order valence-electron chi connectivity index (χ0n) is 32.1. The largest absolute Gasteiger partial charge is 0.394 e. The lowest BCUT2D eigenvalue weighted by molar-refractivity contribution is -0.131. The van der Waals surface area contributed by atoms with Crippen LogP contribution < -0.4 is 5.32 Å².